The van der Waals surface area contributed by atoms with Crippen molar-refractivity contribution in [1.82, 2.24) is 10.3 Å². The maximum Gasteiger partial charge on any atom is 0.407 e. The van der Waals surface area contributed by atoms with E-state index < -0.39 is 9.84 Å². The summed E-state index contributed by atoms with van der Waals surface area (Å²) in [6, 6.07) is 5.75. The van der Waals surface area contributed by atoms with Crippen LogP contribution in [-0.4, -0.2) is 50.0 Å². The molecule has 0 radical (unpaired) electrons. The van der Waals surface area contributed by atoms with E-state index in [0.29, 0.717) is 17.4 Å². The minimum absolute atomic E-state index is 0.118. The monoisotopic (exact) mass is 519 g/mol. The van der Waals surface area contributed by atoms with Gasteiger partial charge in [-0.05, 0) is 70.9 Å². The summed E-state index contributed by atoms with van der Waals surface area (Å²) in [4.78, 5) is 23.5. The van der Waals surface area contributed by atoms with Gasteiger partial charge in [0.15, 0.2) is 9.84 Å². The maximum absolute atomic E-state index is 13.3. The zero-order chi connectivity index (χ0) is 24.6. The Labute approximate surface area is 210 Å². The van der Waals surface area contributed by atoms with Crippen LogP contribution in [0.3, 0.4) is 0 Å². The van der Waals surface area contributed by atoms with Crippen LogP contribution in [-0.2, 0) is 19.4 Å². The molecule has 2 heterocycles. The highest BCUT2D eigenvalue weighted by Gasteiger charge is 2.39. The molecule has 1 saturated heterocycles. The van der Waals surface area contributed by atoms with Gasteiger partial charge in [0.25, 0.3) is 0 Å². The first kappa shape index (κ1) is 24.5. The van der Waals surface area contributed by atoms with E-state index in [1.165, 1.54) is 0 Å². The number of alkyl carbamates (subject to hydrolysis) is 1. The molecule has 2 aliphatic carbocycles. The maximum atomic E-state index is 13.3. The van der Waals surface area contributed by atoms with E-state index in [4.69, 9.17) is 14.6 Å². The molecule has 3 fully saturated rings. The SMILES string of the molecule is CC(C)OC(=O)NC1CCC(c2ncc(-c3ccc(N4CCCO4)cc3S(=O)(=O)C3CC3)s2)CC1. The minimum atomic E-state index is -3.40. The number of benzene rings is 1. The number of carbonyl (C=O) groups excluding carboxylic acids is 1. The van der Waals surface area contributed by atoms with Crippen LogP contribution < -0.4 is 10.4 Å². The van der Waals surface area contributed by atoms with Crippen molar-refractivity contribution < 1.29 is 22.8 Å². The number of anilines is 1. The number of carbonyl (C=O) groups is 1. The zero-order valence-corrected chi connectivity index (χ0v) is 21.9. The van der Waals surface area contributed by atoms with Gasteiger partial charge in [-0.25, -0.2) is 18.2 Å². The van der Waals surface area contributed by atoms with Crippen LogP contribution >= 0.6 is 11.3 Å². The number of nitrogens with one attached hydrogen (secondary N) is 1. The van der Waals surface area contributed by atoms with Gasteiger partial charge in [-0.15, -0.1) is 11.3 Å². The summed E-state index contributed by atoms with van der Waals surface area (Å²) in [6.07, 6.45) is 7.31. The van der Waals surface area contributed by atoms with Gasteiger partial charge in [0.05, 0.1) is 38.4 Å². The van der Waals surface area contributed by atoms with Crippen molar-refractivity contribution in [2.45, 2.75) is 87.0 Å². The van der Waals surface area contributed by atoms with Gasteiger partial charge in [-0.2, -0.15) is 0 Å². The van der Waals surface area contributed by atoms with Gasteiger partial charge in [-0.1, -0.05) is 6.07 Å². The third-order valence-electron chi connectivity index (χ3n) is 6.81. The Morgan fingerprint density at radius 1 is 1.20 bits per heavy atom. The average Bonchev–Trinajstić information content (AvgIpc) is 3.35. The van der Waals surface area contributed by atoms with Crippen molar-refractivity contribution in [2.75, 3.05) is 18.2 Å². The topological polar surface area (TPSA) is 97.8 Å². The molecule has 5 rings (SSSR count). The van der Waals surface area contributed by atoms with Gasteiger partial charge in [0.2, 0.25) is 0 Å². The predicted molar refractivity (Wildman–Crippen MR) is 135 cm³/mol. The molecule has 0 bridgehead atoms. The van der Waals surface area contributed by atoms with Crippen LogP contribution in [0.4, 0.5) is 10.5 Å². The van der Waals surface area contributed by atoms with Gasteiger partial charge in [0, 0.05) is 30.3 Å². The van der Waals surface area contributed by atoms with Crippen LogP contribution in [0.5, 0.6) is 0 Å². The van der Waals surface area contributed by atoms with E-state index >= 15 is 0 Å². The molecule has 1 aromatic heterocycles. The quantitative estimate of drug-likeness (QED) is 0.547. The zero-order valence-electron chi connectivity index (χ0n) is 20.2. The van der Waals surface area contributed by atoms with Crippen molar-refractivity contribution in [3.05, 3.63) is 29.4 Å². The van der Waals surface area contributed by atoms with Crippen LogP contribution in [0.25, 0.3) is 10.4 Å². The molecule has 1 aromatic carbocycles. The Bertz CT molecular complexity index is 1160. The van der Waals surface area contributed by atoms with Crippen LogP contribution in [0.2, 0.25) is 0 Å². The van der Waals surface area contributed by atoms with Gasteiger partial charge in [0.1, 0.15) is 0 Å². The van der Waals surface area contributed by atoms with Gasteiger partial charge < -0.3 is 10.1 Å². The van der Waals surface area contributed by atoms with Crippen molar-refractivity contribution >= 4 is 33.0 Å². The van der Waals surface area contributed by atoms with Gasteiger partial charge in [-0.3, -0.25) is 9.90 Å². The molecule has 1 amide bonds. The van der Waals surface area contributed by atoms with Crippen LogP contribution in [0.15, 0.2) is 29.3 Å². The molecule has 1 N–H and O–H groups in total. The second kappa shape index (κ2) is 10.1. The molecule has 2 saturated carbocycles. The fourth-order valence-electron chi connectivity index (χ4n) is 4.81. The lowest BCUT2D eigenvalue weighted by molar-refractivity contribution is 0.109. The number of sulfone groups is 1. The molecule has 190 valence electrons. The van der Waals surface area contributed by atoms with E-state index in [9.17, 15) is 13.2 Å². The highest BCUT2D eigenvalue weighted by molar-refractivity contribution is 7.92. The van der Waals surface area contributed by atoms with E-state index in [2.05, 4.69) is 5.32 Å². The first-order chi connectivity index (χ1) is 16.8. The van der Waals surface area contributed by atoms with Crippen LogP contribution in [0, 0.1) is 0 Å². The number of hydrogen-bond donors (Lipinski definition) is 1. The number of nitrogens with zero attached hydrogens (tertiary/aromatic N) is 2. The second-order valence-electron chi connectivity index (χ2n) is 9.92. The van der Waals surface area contributed by atoms with E-state index in [-0.39, 0.29) is 23.5 Å². The number of rotatable bonds is 7. The summed E-state index contributed by atoms with van der Waals surface area (Å²) in [5.74, 6) is 0.314. The largest absolute Gasteiger partial charge is 0.447 e. The predicted octanol–water partition coefficient (Wildman–Crippen LogP) is 5.05. The Balaban J connectivity index is 1.32. The Hall–Kier alpha value is -2.17. The summed E-state index contributed by atoms with van der Waals surface area (Å²) in [7, 11) is -3.40. The van der Waals surface area contributed by atoms with Gasteiger partial charge >= 0.3 is 6.09 Å². The fraction of sp³-hybridized carbons (Fsp3) is 0.600. The van der Waals surface area contributed by atoms with E-state index in [1.54, 1.807) is 22.5 Å². The summed E-state index contributed by atoms with van der Waals surface area (Å²) < 4.78 is 31.9. The molecule has 0 spiro atoms. The first-order valence-electron chi connectivity index (χ1n) is 12.5. The summed E-state index contributed by atoms with van der Waals surface area (Å²) in [5.41, 5.74) is 1.52. The molecular formula is C25H33N3O5S2. The van der Waals surface area contributed by atoms with Crippen molar-refractivity contribution in [2.24, 2.45) is 0 Å². The third kappa shape index (κ3) is 5.49. The normalized spacial score (nSPS) is 23.0. The molecule has 0 atom stereocenters. The second-order valence-corrected chi connectivity index (χ2v) is 13.2. The number of aromatic nitrogens is 1. The number of thiazole rings is 1. The standard InChI is InChI=1S/C25H33N3O5S2/c1-16(2)33-25(29)27-18-6-4-17(5-7-18)24-26-15-22(34-24)21-11-8-19(28-12-3-13-32-28)14-23(21)35(30,31)20-9-10-20/h8,11,14-18,20H,3-7,9-10,12-13H2,1-2H3,(H,27,29). The molecule has 1 aliphatic heterocycles. The summed E-state index contributed by atoms with van der Waals surface area (Å²) in [5, 5.41) is 5.50. The molecule has 10 heteroatoms. The van der Waals surface area contributed by atoms with Crippen molar-refractivity contribution in [3.63, 3.8) is 0 Å². The van der Waals surface area contributed by atoms with Crippen molar-refractivity contribution in [1.29, 1.82) is 0 Å². The molecular weight excluding hydrogens is 486 g/mol. The molecule has 0 unspecified atom stereocenters. The van der Waals surface area contributed by atoms with E-state index in [1.807, 2.05) is 32.2 Å². The lowest BCUT2D eigenvalue weighted by atomic mass is 9.86. The Morgan fingerprint density at radius 3 is 2.63 bits per heavy atom. The first-order valence-corrected chi connectivity index (χ1v) is 14.9. The number of ether oxygens (including phenoxy) is 1. The minimum Gasteiger partial charge on any atom is -0.447 e. The molecule has 8 nitrogen and oxygen atoms in total. The van der Waals surface area contributed by atoms with E-state index in [0.717, 1.165) is 72.6 Å². The summed E-state index contributed by atoms with van der Waals surface area (Å²) >= 11 is 1.58. The lowest BCUT2D eigenvalue weighted by Gasteiger charge is -2.28. The fourth-order valence-corrected chi connectivity index (χ4v) is 7.89. The highest BCUT2D eigenvalue weighted by Crippen LogP contribution is 2.43. The molecule has 2 aromatic rings. The Morgan fingerprint density at radius 2 is 1.97 bits per heavy atom. The average molecular weight is 520 g/mol. The smallest absolute Gasteiger partial charge is 0.407 e. The van der Waals surface area contributed by atoms with Crippen molar-refractivity contribution in [3.8, 4) is 10.4 Å². The van der Waals surface area contributed by atoms with Crippen LogP contribution in [0.1, 0.15) is 69.7 Å². The third-order valence-corrected chi connectivity index (χ3v) is 10.3. The molecule has 3 aliphatic rings. The number of amides is 1. The lowest BCUT2D eigenvalue weighted by Crippen LogP contribution is -2.38. The summed E-state index contributed by atoms with van der Waals surface area (Å²) in [6.45, 7) is 5.10. The number of hydrogen-bond acceptors (Lipinski definition) is 8. The Kier molecular flexibility index (Phi) is 7.05. The number of hydroxylamine groups is 1. The highest BCUT2D eigenvalue weighted by atomic mass is 32.2. The molecule has 35 heavy (non-hydrogen) atoms.